The summed E-state index contributed by atoms with van der Waals surface area (Å²) in [5, 5.41) is 0. The fraction of sp³-hybridized carbons (Fsp3) is 0.467. The monoisotopic (exact) mass is 640 g/mol. The van der Waals surface area contributed by atoms with Crippen LogP contribution >= 0.6 is 0 Å². The zero-order chi connectivity index (χ0) is 35.8. The molecule has 0 bridgehead atoms. The van der Waals surface area contributed by atoms with Crippen LogP contribution in [0.15, 0.2) is 140 Å². The third-order valence-electron chi connectivity index (χ3n) is 2.94. The predicted molar refractivity (Wildman–Crippen MR) is 232 cm³/mol. The van der Waals surface area contributed by atoms with Crippen LogP contribution in [0.3, 0.4) is 0 Å². The van der Waals surface area contributed by atoms with Crippen molar-refractivity contribution in [3.05, 3.63) is 145 Å². The first-order chi connectivity index (χ1) is 21.4. The molecule has 0 saturated heterocycles. The maximum atomic E-state index is 2.08. The summed E-state index contributed by atoms with van der Waals surface area (Å²) in [5.41, 5.74) is 1.32. The van der Waals surface area contributed by atoms with E-state index in [4.69, 9.17) is 0 Å². The molecule has 1 heteroatoms. The second-order valence-electron chi connectivity index (χ2n) is 5.12. The first kappa shape index (κ1) is 78.9. The van der Waals surface area contributed by atoms with Crippen molar-refractivity contribution in [1.82, 2.24) is 0 Å². The van der Waals surface area contributed by atoms with Gasteiger partial charge in [-0.2, -0.15) is 0 Å². The van der Waals surface area contributed by atoms with Gasteiger partial charge in [-0.15, -0.1) is 0 Å². The normalized spacial score (nSPS) is 5.63. The molecule has 0 saturated carbocycles. The summed E-state index contributed by atoms with van der Waals surface area (Å²) in [6, 6.07) is 46.3. The summed E-state index contributed by atoms with van der Waals surface area (Å²) in [7, 11) is 0. The lowest BCUT2D eigenvalue weighted by Crippen LogP contribution is -1.62. The molecule has 0 N–H and O–H groups in total. The highest BCUT2D eigenvalue weighted by atomic mass is 13.8. The molecule has 0 unspecified atom stereocenters. The molecule has 4 aromatic rings. The Balaban J connectivity index is -0.0000000284. The van der Waals surface area contributed by atoms with Crippen LogP contribution in [0, 0.1) is 6.92 Å². The molecule has 46 heavy (non-hydrogen) atoms. The highest BCUT2D eigenvalue weighted by Gasteiger charge is 1.72. The van der Waals surface area contributed by atoms with E-state index in [1.807, 2.05) is 252 Å². The second kappa shape index (κ2) is 134. The molecule has 0 fully saturated rings. The molecular formula is C45H88B. The highest BCUT2D eigenvalue weighted by Crippen LogP contribution is 1.92. The summed E-state index contributed by atoms with van der Waals surface area (Å²) in [5.74, 6) is 0. The Labute approximate surface area is 299 Å². The average Bonchev–Trinajstić information content (AvgIpc) is 3.19. The minimum Gasteiger partial charge on any atom is -0.0776 e. The topological polar surface area (TPSA) is 0 Å². The summed E-state index contributed by atoms with van der Waals surface area (Å²) >= 11 is 0. The van der Waals surface area contributed by atoms with Crippen LogP contribution in [0.5, 0.6) is 0 Å². The van der Waals surface area contributed by atoms with Gasteiger partial charge in [0.1, 0.15) is 0 Å². The van der Waals surface area contributed by atoms with E-state index in [0.29, 0.717) is 0 Å². The molecular weight excluding hydrogens is 551 g/mol. The molecule has 0 atom stereocenters. The minimum absolute atomic E-state index is 0. The maximum absolute atomic E-state index is 2.08. The number of rotatable bonds is 0. The molecule has 4 rings (SSSR count). The van der Waals surface area contributed by atoms with Gasteiger partial charge in [0, 0.05) is 8.41 Å². The Kier molecular flexibility index (Phi) is 229. The van der Waals surface area contributed by atoms with E-state index in [9.17, 15) is 0 Å². The smallest absolute Gasteiger partial charge is 0 e. The van der Waals surface area contributed by atoms with Crippen molar-refractivity contribution in [2.75, 3.05) is 0 Å². The summed E-state index contributed by atoms with van der Waals surface area (Å²) in [6.07, 6.45) is 0. The van der Waals surface area contributed by atoms with Gasteiger partial charge in [-0.3, -0.25) is 0 Å². The summed E-state index contributed by atoms with van der Waals surface area (Å²) < 4.78 is 0. The zero-order valence-electron chi connectivity index (χ0n) is 33.4. The van der Waals surface area contributed by atoms with Crippen molar-refractivity contribution in [2.24, 2.45) is 0 Å². The van der Waals surface area contributed by atoms with Crippen LogP contribution < -0.4 is 0 Å². The maximum Gasteiger partial charge on any atom is 0 e. The number of benzene rings is 4. The summed E-state index contributed by atoms with van der Waals surface area (Å²) in [4.78, 5) is 0. The predicted octanol–water partition coefficient (Wildman–Crippen LogP) is 17.2. The lowest BCUT2D eigenvalue weighted by molar-refractivity contribution is 1.48. The van der Waals surface area contributed by atoms with Gasteiger partial charge in [-0.1, -0.05) is 285 Å². The third kappa shape index (κ3) is 124. The van der Waals surface area contributed by atoms with Gasteiger partial charge in [-0.05, 0) is 6.92 Å². The van der Waals surface area contributed by atoms with Crippen molar-refractivity contribution in [2.45, 2.75) is 146 Å². The van der Waals surface area contributed by atoms with E-state index < -0.39 is 0 Å². The lowest BCUT2D eigenvalue weighted by atomic mass is 10.2. The van der Waals surface area contributed by atoms with E-state index in [2.05, 4.69) is 19.1 Å². The Morgan fingerprint density at radius 3 is 0.370 bits per heavy atom. The van der Waals surface area contributed by atoms with Gasteiger partial charge in [0.2, 0.25) is 0 Å². The Hall–Kier alpha value is -3.06. The third-order valence-corrected chi connectivity index (χ3v) is 2.94. The first-order valence-corrected chi connectivity index (χ1v) is 17.4. The van der Waals surface area contributed by atoms with Gasteiger partial charge in [0.15, 0.2) is 0 Å². The second-order valence-corrected chi connectivity index (χ2v) is 5.12. The van der Waals surface area contributed by atoms with Crippen LogP contribution in [-0.4, -0.2) is 8.41 Å². The van der Waals surface area contributed by atoms with Gasteiger partial charge < -0.3 is 0 Å². The van der Waals surface area contributed by atoms with Crippen LogP contribution in [0.2, 0.25) is 0 Å². The number of hydrogen-bond donors (Lipinski definition) is 0. The lowest BCUT2D eigenvalue weighted by Gasteiger charge is -1.82. The summed E-state index contributed by atoms with van der Waals surface area (Å²) in [6.45, 7) is 38.1. The van der Waals surface area contributed by atoms with Crippen molar-refractivity contribution >= 4 is 8.41 Å². The van der Waals surface area contributed by atoms with E-state index in [1.165, 1.54) is 5.56 Å². The standard InChI is InChI=1S/C7H8.3C6H6.9C2H6.2CH4.B/c1-7-5-3-2-4-6-7;3*1-2-4-6-5-3-1;9*1-2;;;/h2-6H,1H3;3*1-6H;9*1-2H3;2*1H4;. The molecule has 271 valence electrons. The van der Waals surface area contributed by atoms with Gasteiger partial charge in [0.05, 0.1) is 0 Å². The van der Waals surface area contributed by atoms with Crippen LogP contribution in [0.4, 0.5) is 0 Å². The zero-order valence-corrected chi connectivity index (χ0v) is 33.4. The van der Waals surface area contributed by atoms with E-state index >= 15 is 0 Å². The van der Waals surface area contributed by atoms with Crippen LogP contribution in [-0.2, 0) is 0 Å². The molecule has 0 heterocycles. The van der Waals surface area contributed by atoms with Gasteiger partial charge in [0.25, 0.3) is 0 Å². The Bertz CT molecular complexity index is 541. The minimum atomic E-state index is 0. The van der Waals surface area contributed by atoms with E-state index in [0.717, 1.165) is 0 Å². The Morgan fingerprint density at radius 1 is 0.217 bits per heavy atom. The molecule has 0 aliphatic carbocycles. The van der Waals surface area contributed by atoms with Gasteiger partial charge in [-0.25, -0.2) is 0 Å². The molecule has 0 aliphatic heterocycles. The van der Waals surface area contributed by atoms with Crippen molar-refractivity contribution < 1.29 is 0 Å². The Morgan fingerprint density at radius 2 is 0.304 bits per heavy atom. The number of hydrogen-bond acceptors (Lipinski definition) is 0. The largest absolute Gasteiger partial charge is 0.0776 e. The molecule has 0 aliphatic rings. The first-order valence-electron chi connectivity index (χ1n) is 17.4. The van der Waals surface area contributed by atoms with Crippen LogP contribution in [0.1, 0.15) is 145 Å². The fourth-order valence-corrected chi connectivity index (χ4v) is 1.69. The van der Waals surface area contributed by atoms with E-state index in [-0.39, 0.29) is 23.3 Å². The molecule has 0 nitrogen and oxygen atoms in total. The number of aryl methyl sites for hydroxylation is 1. The molecule has 0 amide bonds. The SMILES string of the molecule is C.C.CC.CC.CC.CC.CC.CC.CC.CC.CC.Cc1ccccc1.[B].c1ccccc1.c1ccccc1.c1ccccc1. The quantitative estimate of drug-likeness (QED) is 0.168. The average molecular weight is 640 g/mol. The van der Waals surface area contributed by atoms with Crippen LogP contribution in [0.25, 0.3) is 0 Å². The molecule has 4 aromatic carbocycles. The molecule has 0 spiro atoms. The molecule has 0 aromatic heterocycles. The fourth-order valence-electron chi connectivity index (χ4n) is 1.69. The molecule has 3 radical (unpaired) electrons. The van der Waals surface area contributed by atoms with Gasteiger partial charge >= 0.3 is 0 Å². The van der Waals surface area contributed by atoms with E-state index in [1.54, 1.807) is 0 Å². The van der Waals surface area contributed by atoms with Crippen molar-refractivity contribution in [1.29, 1.82) is 0 Å². The van der Waals surface area contributed by atoms with Crippen molar-refractivity contribution in [3.63, 3.8) is 0 Å². The highest BCUT2D eigenvalue weighted by molar-refractivity contribution is 5.75. The van der Waals surface area contributed by atoms with Crippen molar-refractivity contribution in [3.8, 4) is 0 Å².